The summed E-state index contributed by atoms with van der Waals surface area (Å²) in [6, 6.07) is 6.76. The second-order valence-corrected chi connectivity index (χ2v) is 22.5. The molecular weight excluding hydrogens is 343 g/mol. The Kier molecular flexibility index (Phi) is 10.5. The minimum atomic E-state index is -1.69. The zero-order valence-electron chi connectivity index (χ0n) is 16.4. The molecule has 0 aliphatic heterocycles. The third-order valence-electron chi connectivity index (χ3n) is 5.37. The van der Waals surface area contributed by atoms with E-state index in [1.165, 1.54) is 0 Å². The first-order valence-electron chi connectivity index (χ1n) is 9.02. The number of rotatable bonds is 12. The summed E-state index contributed by atoms with van der Waals surface area (Å²) >= 11 is 0. The van der Waals surface area contributed by atoms with Gasteiger partial charge < -0.3 is 12.6 Å². The van der Waals surface area contributed by atoms with Crippen LogP contribution in [-0.2, 0) is 12.6 Å². The van der Waals surface area contributed by atoms with Gasteiger partial charge in [-0.25, -0.2) is 0 Å². The number of hydrogen-bond acceptors (Lipinski definition) is 3. The normalized spacial score (nSPS) is 13.9. The average molecular weight is 383 g/mol. The fourth-order valence-corrected chi connectivity index (χ4v) is 12.1. The molecule has 0 aliphatic rings. The molecule has 0 fully saturated rings. The molecule has 0 bridgehead atoms. The van der Waals surface area contributed by atoms with Crippen LogP contribution < -0.4 is 0 Å². The summed E-state index contributed by atoms with van der Waals surface area (Å²) in [7, 11) is -6.24. The molecule has 0 saturated carbocycles. The van der Waals surface area contributed by atoms with Crippen molar-refractivity contribution in [3.8, 4) is 0 Å². The van der Waals surface area contributed by atoms with Crippen LogP contribution in [0.25, 0.3) is 0 Å². The van der Waals surface area contributed by atoms with E-state index in [1.54, 1.807) is 0 Å². The van der Waals surface area contributed by atoms with Gasteiger partial charge in [0.25, 0.3) is 8.60 Å². The van der Waals surface area contributed by atoms with Crippen LogP contribution in [0.15, 0.2) is 0 Å². The maximum absolute atomic E-state index is 6.56. The lowest BCUT2D eigenvalue weighted by atomic mass is 10.9. The van der Waals surface area contributed by atoms with E-state index in [1.807, 2.05) is 0 Å². The van der Waals surface area contributed by atoms with Gasteiger partial charge in [-0.15, -0.1) is 0 Å². The van der Waals surface area contributed by atoms with E-state index in [9.17, 15) is 0 Å². The van der Waals surface area contributed by atoms with Gasteiger partial charge in [0.05, 0.1) is 0 Å². The van der Waals surface area contributed by atoms with E-state index in [4.69, 9.17) is 12.6 Å². The largest absolute Gasteiger partial charge is 0.355 e. The summed E-state index contributed by atoms with van der Waals surface area (Å²) < 4.78 is 19.7. The standard InChI is InChI=1S/C15H39O3PSi3/c1-10-20(7,11-2)16-19(17-21(8,12-3)13-4)18-22(9,14-5)15-6/h10-15H2,1-9H3. The van der Waals surface area contributed by atoms with Crippen molar-refractivity contribution in [2.24, 2.45) is 0 Å². The second-order valence-electron chi connectivity index (χ2n) is 6.97. The molecule has 0 rings (SSSR count). The predicted molar refractivity (Wildman–Crippen MR) is 108 cm³/mol. The first-order chi connectivity index (χ1) is 10.1. The second kappa shape index (κ2) is 10.1. The molecule has 134 valence electrons. The summed E-state index contributed by atoms with van der Waals surface area (Å²) in [5.74, 6) is 0. The van der Waals surface area contributed by atoms with Crippen molar-refractivity contribution in [2.45, 2.75) is 97.4 Å². The maximum Gasteiger partial charge on any atom is 0.300 e. The molecule has 22 heavy (non-hydrogen) atoms. The lowest BCUT2D eigenvalue weighted by Gasteiger charge is -2.38. The van der Waals surface area contributed by atoms with Gasteiger partial charge >= 0.3 is 0 Å². The van der Waals surface area contributed by atoms with Gasteiger partial charge in [0, 0.05) is 0 Å². The van der Waals surface area contributed by atoms with Crippen molar-refractivity contribution >= 4 is 33.6 Å². The van der Waals surface area contributed by atoms with Crippen molar-refractivity contribution in [1.82, 2.24) is 0 Å². The molecule has 0 unspecified atom stereocenters. The van der Waals surface area contributed by atoms with E-state index in [0.717, 1.165) is 36.3 Å². The monoisotopic (exact) mass is 382 g/mol. The Bertz CT molecular complexity index is 259. The van der Waals surface area contributed by atoms with E-state index in [2.05, 4.69) is 61.2 Å². The van der Waals surface area contributed by atoms with E-state index in [-0.39, 0.29) is 0 Å². The molecule has 0 heterocycles. The molecule has 0 amide bonds. The van der Waals surface area contributed by atoms with Crippen LogP contribution in [-0.4, -0.2) is 25.0 Å². The van der Waals surface area contributed by atoms with Crippen LogP contribution in [0.5, 0.6) is 0 Å². The van der Waals surface area contributed by atoms with Crippen LogP contribution in [0.4, 0.5) is 0 Å². The Labute approximate surface area is 143 Å². The van der Waals surface area contributed by atoms with Crippen molar-refractivity contribution in [3.05, 3.63) is 0 Å². The van der Waals surface area contributed by atoms with Crippen LogP contribution in [0.2, 0.25) is 55.9 Å². The molecule has 0 N–H and O–H groups in total. The minimum absolute atomic E-state index is 1.13. The highest BCUT2D eigenvalue weighted by molar-refractivity contribution is 7.47. The van der Waals surface area contributed by atoms with Crippen LogP contribution in [0.3, 0.4) is 0 Å². The third-order valence-corrected chi connectivity index (χ3v) is 21.4. The van der Waals surface area contributed by atoms with Crippen LogP contribution >= 0.6 is 8.60 Å². The molecule has 0 radical (unpaired) electrons. The smallest absolute Gasteiger partial charge is 0.300 e. The summed E-state index contributed by atoms with van der Waals surface area (Å²) in [5.41, 5.74) is 0. The Morgan fingerprint density at radius 2 is 0.682 bits per heavy atom. The Morgan fingerprint density at radius 1 is 0.500 bits per heavy atom. The van der Waals surface area contributed by atoms with E-state index < -0.39 is 33.6 Å². The molecule has 0 atom stereocenters. The fourth-order valence-electron chi connectivity index (χ4n) is 1.73. The Hall–Kier alpha value is 0.961. The summed E-state index contributed by atoms with van der Waals surface area (Å²) in [5, 5.41) is 0. The van der Waals surface area contributed by atoms with Gasteiger partial charge in [-0.2, -0.15) is 0 Å². The third kappa shape index (κ3) is 7.24. The Balaban J connectivity index is 5.22. The highest BCUT2D eigenvalue weighted by Crippen LogP contribution is 2.51. The van der Waals surface area contributed by atoms with E-state index in [0.29, 0.717) is 0 Å². The molecule has 0 aliphatic carbocycles. The predicted octanol–water partition coefficient (Wildman–Crippen LogP) is 7.11. The van der Waals surface area contributed by atoms with Gasteiger partial charge in [-0.3, -0.25) is 0 Å². The molecule has 7 heteroatoms. The van der Waals surface area contributed by atoms with Crippen molar-refractivity contribution in [3.63, 3.8) is 0 Å². The van der Waals surface area contributed by atoms with E-state index >= 15 is 0 Å². The van der Waals surface area contributed by atoms with Gasteiger partial charge in [-0.05, 0) is 55.9 Å². The van der Waals surface area contributed by atoms with Gasteiger partial charge in [-0.1, -0.05) is 41.5 Å². The lowest BCUT2D eigenvalue weighted by molar-refractivity contribution is 0.371. The maximum atomic E-state index is 6.56. The van der Waals surface area contributed by atoms with Crippen molar-refractivity contribution < 1.29 is 12.6 Å². The molecule has 3 nitrogen and oxygen atoms in total. The first kappa shape index (κ1) is 23.0. The summed E-state index contributed by atoms with van der Waals surface area (Å²) in [6.07, 6.45) is 0. The quantitative estimate of drug-likeness (QED) is 0.266. The highest BCUT2D eigenvalue weighted by Gasteiger charge is 2.39. The van der Waals surface area contributed by atoms with Crippen molar-refractivity contribution in [1.29, 1.82) is 0 Å². The average Bonchev–Trinajstić information content (AvgIpc) is 2.54. The molecule has 0 spiro atoms. The van der Waals surface area contributed by atoms with Crippen molar-refractivity contribution in [2.75, 3.05) is 0 Å². The first-order valence-corrected chi connectivity index (χ1v) is 18.6. The lowest BCUT2D eigenvalue weighted by Crippen LogP contribution is -2.39. The summed E-state index contributed by atoms with van der Waals surface area (Å²) in [6.45, 7) is 20.4. The molecule has 0 aromatic rings. The topological polar surface area (TPSA) is 27.7 Å². The van der Waals surface area contributed by atoms with Crippen LogP contribution in [0.1, 0.15) is 41.5 Å². The van der Waals surface area contributed by atoms with Gasteiger partial charge in [0.1, 0.15) is 0 Å². The number of hydrogen-bond donors (Lipinski definition) is 0. The Morgan fingerprint density at radius 3 is 0.818 bits per heavy atom. The molecule has 0 aromatic carbocycles. The molecule has 0 aromatic heterocycles. The fraction of sp³-hybridized carbons (Fsp3) is 1.00. The van der Waals surface area contributed by atoms with Crippen LogP contribution in [0, 0.1) is 0 Å². The molecule has 0 saturated heterocycles. The summed E-state index contributed by atoms with van der Waals surface area (Å²) in [4.78, 5) is 0. The SMILES string of the molecule is CC[Si](C)(CC)OP(O[Si](C)(CC)CC)O[Si](C)(CC)CC. The minimum Gasteiger partial charge on any atom is -0.355 e. The van der Waals surface area contributed by atoms with Gasteiger partial charge in [0.2, 0.25) is 0 Å². The van der Waals surface area contributed by atoms with Gasteiger partial charge in [0.15, 0.2) is 25.0 Å². The zero-order chi connectivity index (χ0) is 17.4. The highest BCUT2D eigenvalue weighted by atomic mass is 31.2. The zero-order valence-corrected chi connectivity index (χ0v) is 20.3. The molecular formula is C15H39O3PSi3.